The summed E-state index contributed by atoms with van der Waals surface area (Å²) in [6, 6.07) is 3.35. The number of unbranched alkanes of at least 4 members (excludes halogenated alkanes) is 4. The SMILES string of the molecule is C=CCCOc1ccc(C2CCC(C3CCC(CCCCCCC)CC3)CC2)c(F)c1F. The second-order valence-corrected chi connectivity index (χ2v) is 10.3. The molecule has 2 aliphatic carbocycles. The minimum Gasteiger partial charge on any atom is -0.490 e. The minimum absolute atomic E-state index is 0.0175. The largest absolute Gasteiger partial charge is 0.490 e. The van der Waals surface area contributed by atoms with E-state index in [0.29, 0.717) is 18.6 Å². The molecule has 2 fully saturated rings. The molecule has 0 N–H and O–H groups in total. The molecule has 2 saturated carbocycles. The highest BCUT2D eigenvalue weighted by Gasteiger charge is 2.32. The van der Waals surface area contributed by atoms with E-state index in [9.17, 15) is 8.78 Å². The molecule has 0 atom stereocenters. The van der Waals surface area contributed by atoms with Crippen molar-refractivity contribution in [3.63, 3.8) is 0 Å². The Morgan fingerprint density at radius 1 is 0.875 bits per heavy atom. The summed E-state index contributed by atoms with van der Waals surface area (Å²) < 4.78 is 34.6. The van der Waals surface area contributed by atoms with Gasteiger partial charge in [0, 0.05) is 0 Å². The molecular formula is C29H44F2O. The van der Waals surface area contributed by atoms with Gasteiger partial charge in [-0.1, -0.05) is 70.4 Å². The van der Waals surface area contributed by atoms with E-state index >= 15 is 0 Å². The maximum absolute atomic E-state index is 14.7. The zero-order valence-electron chi connectivity index (χ0n) is 20.2. The lowest BCUT2D eigenvalue weighted by Gasteiger charge is -2.38. The van der Waals surface area contributed by atoms with Crippen molar-refractivity contribution in [2.45, 2.75) is 109 Å². The topological polar surface area (TPSA) is 9.23 Å². The zero-order chi connectivity index (χ0) is 22.8. The predicted octanol–water partition coefficient (Wildman–Crippen LogP) is 9.36. The van der Waals surface area contributed by atoms with Crippen LogP contribution in [0.1, 0.15) is 115 Å². The summed E-state index contributed by atoms with van der Waals surface area (Å²) in [5.41, 5.74) is 0.545. The fraction of sp³-hybridized carbons (Fsp3) is 0.724. The highest BCUT2D eigenvalue weighted by molar-refractivity contribution is 5.33. The highest BCUT2D eigenvalue weighted by Crippen LogP contribution is 2.45. The van der Waals surface area contributed by atoms with Crippen molar-refractivity contribution in [1.29, 1.82) is 0 Å². The number of hydrogen-bond donors (Lipinski definition) is 0. The van der Waals surface area contributed by atoms with Crippen LogP contribution in [0.2, 0.25) is 0 Å². The Bertz CT molecular complexity index is 685. The van der Waals surface area contributed by atoms with Gasteiger partial charge in [0.25, 0.3) is 0 Å². The second-order valence-electron chi connectivity index (χ2n) is 10.3. The van der Waals surface area contributed by atoms with Crippen LogP contribution in [0.25, 0.3) is 0 Å². The number of benzene rings is 1. The summed E-state index contributed by atoms with van der Waals surface area (Å²) in [6.07, 6.45) is 20.6. The van der Waals surface area contributed by atoms with Crippen LogP contribution < -0.4 is 4.74 Å². The summed E-state index contributed by atoms with van der Waals surface area (Å²) in [6.45, 7) is 6.23. The van der Waals surface area contributed by atoms with E-state index in [2.05, 4.69) is 13.5 Å². The fourth-order valence-electron chi connectivity index (χ4n) is 6.11. The third kappa shape index (κ3) is 7.06. The number of rotatable bonds is 12. The van der Waals surface area contributed by atoms with Gasteiger partial charge in [-0.2, -0.15) is 4.39 Å². The molecule has 0 heterocycles. The molecule has 0 amide bonds. The summed E-state index contributed by atoms with van der Waals surface area (Å²) in [4.78, 5) is 0. The third-order valence-corrected chi connectivity index (χ3v) is 8.14. The van der Waals surface area contributed by atoms with E-state index < -0.39 is 11.6 Å². The fourth-order valence-corrected chi connectivity index (χ4v) is 6.11. The van der Waals surface area contributed by atoms with Gasteiger partial charge in [-0.3, -0.25) is 0 Å². The maximum atomic E-state index is 14.7. The van der Waals surface area contributed by atoms with Crippen LogP contribution in [-0.2, 0) is 0 Å². The standard InChI is InChI=1S/C29H44F2O/c1-3-5-7-8-9-10-22-11-13-23(14-12-22)24-15-17-25(18-16-24)26-19-20-27(29(31)28(26)30)32-21-6-4-2/h4,19-20,22-25H,2-3,5-18,21H2,1H3. The maximum Gasteiger partial charge on any atom is 0.200 e. The molecular weight excluding hydrogens is 402 g/mol. The monoisotopic (exact) mass is 446 g/mol. The molecule has 1 nitrogen and oxygen atoms in total. The number of hydrogen-bond acceptors (Lipinski definition) is 1. The van der Waals surface area contributed by atoms with Crippen LogP contribution in [0.4, 0.5) is 8.78 Å². The molecule has 0 bridgehead atoms. The lowest BCUT2D eigenvalue weighted by Crippen LogP contribution is -2.25. The van der Waals surface area contributed by atoms with Crippen LogP contribution >= 0.6 is 0 Å². The average Bonchev–Trinajstić information content (AvgIpc) is 2.82. The predicted molar refractivity (Wildman–Crippen MR) is 130 cm³/mol. The molecule has 180 valence electrons. The lowest BCUT2D eigenvalue weighted by atomic mass is 9.68. The van der Waals surface area contributed by atoms with E-state index in [0.717, 1.165) is 43.4 Å². The van der Waals surface area contributed by atoms with Gasteiger partial charge >= 0.3 is 0 Å². The molecule has 0 radical (unpaired) electrons. The molecule has 0 aromatic heterocycles. The highest BCUT2D eigenvalue weighted by atomic mass is 19.2. The van der Waals surface area contributed by atoms with E-state index in [1.807, 2.05) is 0 Å². The Morgan fingerprint density at radius 2 is 1.53 bits per heavy atom. The first-order valence-electron chi connectivity index (χ1n) is 13.4. The minimum atomic E-state index is -0.832. The molecule has 1 aromatic carbocycles. The molecule has 2 aliphatic rings. The first-order chi connectivity index (χ1) is 15.6. The summed E-state index contributed by atoms with van der Waals surface area (Å²) in [5.74, 6) is 1.21. The normalized spacial score (nSPS) is 26.1. The summed E-state index contributed by atoms with van der Waals surface area (Å²) >= 11 is 0. The Balaban J connectivity index is 1.42. The first-order valence-corrected chi connectivity index (χ1v) is 13.4. The van der Waals surface area contributed by atoms with Crippen molar-refractivity contribution in [3.8, 4) is 5.75 Å². The first kappa shape index (κ1) is 25.2. The van der Waals surface area contributed by atoms with Gasteiger partial charge < -0.3 is 4.74 Å². The smallest absolute Gasteiger partial charge is 0.200 e. The van der Waals surface area contributed by atoms with E-state index in [-0.39, 0.29) is 11.7 Å². The van der Waals surface area contributed by atoms with E-state index in [4.69, 9.17) is 4.74 Å². The van der Waals surface area contributed by atoms with Gasteiger partial charge in [0.1, 0.15) is 0 Å². The van der Waals surface area contributed by atoms with Crippen molar-refractivity contribution in [2.24, 2.45) is 17.8 Å². The van der Waals surface area contributed by atoms with Crippen LogP contribution in [0.5, 0.6) is 5.75 Å². The van der Waals surface area contributed by atoms with Gasteiger partial charge in [-0.15, -0.1) is 6.58 Å². The number of halogens is 2. The second kappa shape index (κ2) is 13.4. The quantitative estimate of drug-likeness (QED) is 0.229. The van der Waals surface area contributed by atoms with Gasteiger partial charge in [0.2, 0.25) is 5.82 Å². The Morgan fingerprint density at radius 3 is 2.19 bits per heavy atom. The van der Waals surface area contributed by atoms with Crippen molar-refractivity contribution >= 4 is 0 Å². The van der Waals surface area contributed by atoms with Gasteiger partial charge in [0.15, 0.2) is 11.6 Å². The van der Waals surface area contributed by atoms with Crippen molar-refractivity contribution in [3.05, 3.63) is 42.0 Å². The molecule has 0 saturated heterocycles. The van der Waals surface area contributed by atoms with Crippen molar-refractivity contribution in [2.75, 3.05) is 6.61 Å². The van der Waals surface area contributed by atoms with Crippen LogP contribution in [0.3, 0.4) is 0 Å². The number of ether oxygens (including phenoxy) is 1. The molecule has 0 spiro atoms. The third-order valence-electron chi connectivity index (χ3n) is 8.14. The van der Waals surface area contributed by atoms with Gasteiger partial charge in [0.05, 0.1) is 6.61 Å². The lowest BCUT2D eigenvalue weighted by molar-refractivity contribution is 0.155. The Labute approximate surface area is 195 Å². The summed E-state index contributed by atoms with van der Waals surface area (Å²) in [7, 11) is 0. The van der Waals surface area contributed by atoms with Crippen LogP contribution in [0, 0.1) is 29.4 Å². The van der Waals surface area contributed by atoms with Crippen molar-refractivity contribution in [1.82, 2.24) is 0 Å². The van der Waals surface area contributed by atoms with E-state index in [1.165, 1.54) is 64.2 Å². The Kier molecular flexibility index (Phi) is 10.5. The van der Waals surface area contributed by atoms with Gasteiger partial charge in [-0.25, -0.2) is 4.39 Å². The average molecular weight is 447 g/mol. The van der Waals surface area contributed by atoms with E-state index in [1.54, 1.807) is 18.2 Å². The molecule has 1 aromatic rings. The van der Waals surface area contributed by atoms with Crippen LogP contribution in [0.15, 0.2) is 24.8 Å². The van der Waals surface area contributed by atoms with Crippen molar-refractivity contribution < 1.29 is 13.5 Å². The summed E-state index contributed by atoms with van der Waals surface area (Å²) in [5, 5.41) is 0. The molecule has 0 unspecified atom stereocenters. The molecule has 32 heavy (non-hydrogen) atoms. The molecule has 3 rings (SSSR count). The van der Waals surface area contributed by atoms with Gasteiger partial charge in [-0.05, 0) is 80.2 Å². The van der Waals surface area contributed by atoms with Crippen LogP contribution in [-0.4, -0.2) is 6.61 Å². The zero-order valence-corrected chi connectivity index (χ0v) is 20.2. The Hall–Kier alpha value is -1.38. The molecule has 3 heteroatoms. The molecule has 0 aliphatic heterocycles.